The molecule has 1 atom stereocenters. The molecule has 8 aromatic rings. The fourth-order valence-electron chi connectivity index (χ4n) is 9.63. The van der Waals surface area contributed by atoms with Crippen LogP contribution in [0.5, 0.6) is 0 Å². The number of likely N-dealkylation sites (tertiary alicyclic amines) is 1. The highest BCUT2D eigenvalue weighted by Crippen LogP contribution is 2.38. The average molecular weight is 1120 g/mol. The second kappa shape index (κ2) is 27.2. The minimum absolute atomic E-state index is 0.0426. The summed E-state index contributed by atoms with van der Waals surface area (Å²) in [6, 6.07) is 32.4. The SMILES string of the molecule is Cc1c(C#N)cccc1-c1cc(-c2cn(Cc3cccc(CNCCCC(=O)NCCNCc4ccc(C(=O)Nc5cccc(-c6cccc(NC(=O)c7ccc(CN8CCCC[C@H]8C(=O)O)cn7)c6Cl)c5C)nc4)n3)nn2)nc(N)n1. The van der Waals surface area contributed by atoms with Crippen molar-refractivity contribution in [3.63, 3.8) is 0 Å². The largest absolute Gasteiger partial charge is 0.480 e. The van der Waals surface area contributed by atoms with Crippen LogP contribution < -0.4 is 32.3 Å². The van der Waals surface area contributed by atoms with Gasteiger partial charge < -0.3 is 37.4 Å². The third-order valence-electron chi connectivity index (χ3n) is 14.0. The fraction of sp³-hybridized carbons (Fsp3) is 0.267. The number of carbonyl (C=O) groups is 4. The first-order chi connectivity index (χ1) is 39.8. The number of rotatable bonds is 23. The van der Waals surface area contributed by atoms with E-state index in [2.05, 4.69) is 62.9 Å². The van der Waals surface area contributed by atoms with Crippen molar-refractivity contribution >= 4 is 52.6 Å². The van der Waals surface area contributed by atoms with Crippen LogP contribution in [-0.4, -0.2) is 106 Å². The molecule has 22 heteroatoms. The molecule has 1 aliphatic heterocycles. The van der Waals surface area contributed by atoms with Gasteiger partial charge in [-0.3, -0.25) is 39.0 Å². The number of hydrogen-bond donors (Lipinski definition) is 7. The Morgan fingerprint density at radius 2 is 1.40 bits per heavy atom. The average Bonchev–Trinajstić information content (AvgIpc) is 4.12. The van der Waals surface area contributed by atoms with Gasteiger partial charge in [0, 0.05) is 68.4 Å². The molecule has 0 bridgehead atoms. The molecule has 3 aromatic carbocycles. The van der Waals surface area contributed by atoms with Crippen molar-refractivity contribution in [2.24, 2.45) is 0 Å². The van der Waals surface area contributed by atoms with Gasteiger partial charge in [-0.25, -0.2) is 14.6 Å². The van der Waals surface area contributed by atoms with Crippen LogP contribution >= 0.6 is 11.6 Å². The molecule has 0 saturated carbocycles. The van der Waals surface area contributed by atoms with Gasteiger partial charge >= 0.3 is 5.97 Å². The molecule has 1 saturated heterocycles. The molecule has 0 aliphatic carbocycles. The number of carboxylic acid groups (broad SMARTS) is 1. The number of aromatic nitrogens is 8. The fourth-order valence-corrected chi connectivity index (χ4v) is 9.90. The van der Waals surface area contributed by atoms with Crippen LogP contribution in [0.15, 0.2) is 122 Å². The van der Waals surface area contributed by atoms with E-state index >= 15 is 0 Å². The van der Waals surface area contributed by atoms with Crippen molar-refractivity contribution in [3.8, 4) is 39.8 Å². The third-order valence-corrected chi connectivity index (χ3v) is 14.4. The topological polar surface area (TPSA) is 297 Å². The molecule has 0 spiro atoms. The van der Waals surface area contributed by atoms with Gasteiger partial charge in [-0.1, -0.05) is 77.8 Å². The van der Waals surface area contributed by atoms with Gasteiger partial charge in [-0.2, -0.15) is 5.26 Å². The zero-order valence-corrected chi connectivity index (χ0v) is 46.1. The number of hydrogen-bond acceptors (Lipinski definition) is 16. The summed E-state index contributed by atoms with van der Waals surface area (Å²) >= 11 is 6.93. The number of nitrogens with zero attached hydrogens (tertiary/aromatic N) is 10. The monoisotopic (exact) mass is 1120 g/mol. The Kier molecular flexibility index (Phi) is 19.0. The van der Waals surface area contributed by atoms with Crippen LogP contribution in [0.3, 0.4) is 0 Å². The highest BCUT2D eigenvalue weighted by atomic mass is 35.5. The minimum atomic E-state index is -0.828. The highest BCUT2D eigenvalue weighted by molar-refractivity contribution is 6.36. The van der Waals surface area contributed by atoms with Gasteiger partial charge in [0.2, 0.25) is 11.9 Å². The molecule has 9 rings (SSSR count). The van der Waals surface area contributed by atoms with E-state index in [4.69, 9.17) is 22.3 Å². The van der Waals surface area contributed by atoms with Crippen molar-refractivity contribution in [1.29, 1.82) is 5.26 Å². The molecule has 82 heavy (non-hydrogen) atoms. The van der Waals surface area contributed by atoms with Crippen LogP contribution in [-0.2, 0) is 35.8 Å². The lowest BCUT2D eigenvalue weighted by molar-refractivity contribution is -0.144. The van der Waals surface area contributed by atoms with Gasteiger partial charge in [0.1, 0.15) is 23.1 Å². The normalized spacial score (nSPS) is 13.3. The van der Waals surface area contributed by atoms with Crippen LogP contribution in [0.25, 0.3) is 33.8 Å². The molecular formula is C60H61ClN16O5. The van der Waals surface area contributed by atoms with Crippen LogP contribution in [0.2, 0.25) is 5.02 Å². The number of benzene rings is 3. The summed E-state index contributed by atoms with van der Waals surface area (Å²) in [7, 11) is 0. The minimum Gasteiger partial charge on any atom is -0.480 e. The summed E-state index contributed by atoms with van der Waals surface area (Å²) in [6.07, 6.45) is 8.46. The van der Waals surface area contributed by atoms with Gasteiger partial charge in [-0.15, -0.1) is 5.10 Å². The van der Waals surface area contributed by atoms with Gasteiger partial charge in [-0.05, 0) is 123 Å². The Balaban J connectivity index is 0.665. The van der Waals surface area contributed by atoms with Gasteiger partial charge in [0.15, 0.2) is 0 Å². The molecule has 8 N–H and O–H groups in total. The maximum Gasteiger partial charge on any atom is 0.320 e. The smallest absolute Gasteiger partial charge is 0.320 e. The molecule has 418 valence electrons. The summed E-state index contributed by atoms with van der Waals surface area (Å²) in [5.41, 5.74) is 16.7. The number of carboxylic acids is 1. The number of halogens is 1. The van der Waals surface area contributed by atoms with Crippen molar-refractivity contribution in [2.45, 2.75) is 78.2 Å². The number of nitrogens with two attached hydrogens (primary N) is 1. The van der Waals surface area contributed by atoms with E-state index in [0.717, 1.165) is 57.6 Å². The summed E-state index contributed by atoms with van der Waals surface area (Å²) < 4.78 is 1.68. The number of piperidine rings is 1. The molecular weight excluding hydrogens is 1060 g/mol. The van der Waals surface area contributed by atoms with Crippen LogP contribution in [0.1, 0.15) is 92.3 Å². The number of carbonyl (C=O) groups excluding carboxylic acids is 3. The number of nitrogens with one attached hydrogen (secondary N) is 5. The summed E-state index contributed by atoms with van der Waals surface area (Å²) in [6.45, 7) is 7.88. The molecule has 21 nitrogen and oxygen atoms in total. The number of nitriles is 1. The Morgan fingerprint density at radius 3 is 2.16 bits per heavy atom. The summed E-state index contributed by atoms with van der Waals surface area (Å²) in [5.74, 6) is -1.63. The number of anilines is 3. The number of pyridine rings is 3. The molecule has 0 radical (unpaired) electrons. The zero-order valence-electron chi connectivity index (χ0n) is 45.3. The second-order valence-corrected chi connectivity index (χ2v) is 20.2. The van der Waals surface area contributed by atoms with Crippen molar-refractivity contribution in [3.05, 3.63) is 177 Å². The molecule has 1 fully saturated rings. The molecule has 5 aromatic heterocycles. The van der Waals surface area contributed by atoms with E-state index in [0.29, 0.717) is 116 Å². The van der Waals surface area contributed by atoms with Crippen molar-refractivity contribution < 1.29 is 24.3 Å². The van der Waals surface area contributed by atoms with E-state index in [1.54, 1.807) is 77.9 Å². The standard InChI is InChI=1S/C60H61ClN16O5/c1-37-41(29-62)10-5-14-45(37)51-28-52(73-60(63)72-51)53-36-77(75-74-53)35-43-12-6-11-42(69-43)33-64-24-9-19-55(78)66-26-25-65-30-39-20-22-49(67-31-39)57(79)70-47-16-7-13-44(38(47)2)46-15-8-17-48(56(46)61)71-58(80)50-23-21-40(32-68-50)34-76-27-4-3-18-54(76)59(81)82/h5-8,10-17,20-23,28,31-32,36,54,64-65H,3-4,9,18-19,24-27,30,33-35H2,1-2H3,(H,66,78)(H,70,79)(H,71,80)(H,81,82)(H2,63,72,73)/t54-/m0/s1. The van der Waals surface area contributed by atoms with E-state index in [1.807, 2.05) is 67.3 Å². The number of amides is 3. The Morgan fingerprint density at radius 1 is 0.720 bits per heavy atom. The molecule has 1 aliphatic rings. The predicted octanol–water partition coefficient (Wildman–Crippen LogP) is 7.75. The van der Waals surface area contributed by atoms with E-state index < -0.39 is 17.9 Å². The zero-order chi connectivity index (χ0) is 57.5. The maximum atomic E-state index is 13.4. The molecule has 6 heterocycles. The summed E-state index contributed by atoms with van der Waals surface area (Å²) in [5, 5.41) is 43.5. The maximum absolute atomic E-state index is 13.4. The predicted molar refractivity (Wildman–Crippen MR) is 311 cm³/mol. The number of nitrogen functional groups attached to an aromatic ring is 1. The lowest BCUT2D eigenvalue weighted by Gasteiger charge is -2.32. The first-order valence-corrected chi connectivity index (χ1v) is 27.2. The lowest BCUT2D eigenvalue weighted by atomic mass is 9.98. The Labute approximate surface area is 478 Å². The lowest BCUT2D eigenvalue weighted by Crippen LogP contribution is -2.44. The third kappa shape index (κ3) is 14.7. The Hall–Kier alpha value is -9.33. The molecule has 0 unspecified atom stereocenters. The van der Waals surface area contributed by atoms with Gasteiger partial charge in [0.05, 0.1) is 57.9 Å². The van der Waals surface area contributed by atoms with Gasteiger partial charge in [0.25, 0.3) is 11.8 Å². The van der Waals surface area contributed by atoms with E-state index in [-0.39, 0.29) is 29.2 Å². The quantitative estimate of drug-likeness (QED) is 0.0301. The van der Waals surface area contributed by atoms with Crippen molar-refractivity contribution in [2.75, 3.05) is 42.5 Å². The Bertz CT molecular complexity index is 3640. The highest BCUT2D eigenvalue weighted by Gasteiger charge is 2.28. The van der Waals surface area contributed by atoms with E-state index in [9.17, 15) is 29.5 Å². The van der Waals surface area contributed by atoms with Crippen LogP contribution in [0.4, 0.5) is 17.3 Å². The number of aliphatic carboxylic acids is 1. The van der Waals surface area contributed by atoms with Crippen molar-refractivity contribution in [1.82, 2.24) is 60.8 Å². The second-order valence-electron chi connectivity index (χ2n) is 19.8. The molecule has 3 amide bonds. The van der Waals surface area contributed by atoms with E-state index in [1.165, 1.54) is 0 Å². The first kappa shape index (κ1) is 57.4. The first-order valence-electron chi connectivity index (χ1n) is 26.9. The van der Waals surface area contributed by atoms with Crippen LogP contribution in [0, 0.1) is 25.2 Å². The summed E-state index contributed by atoms with van der Waals surface area (Å²) in [4.78, 5) is 75.3.